The van der Waals surface area contributed by atoms with Crippen molar-refractivity contribution in [3.05, 3.63) is 67.8 Å². The average Bonchev–Trinajstić information content (AvgIpc) is 2.89. The number of nitrogens with one attached hydrogen (secondary N) is 2. The van der Waals surface area contributed by atoms with Gasteiger partial charge in [-0.25, -0.2) is 14.6 Å². The number of urea groups is 1. The molecule has 3 amide bonds. The van der Waals surface area contributed by atoms with E-state index in [0.29, 0.717) is 10.7 Å². The molecule has 0 bridgehead atoms. The van der Waals surface area contributed by atoms with Gasteiger partial charge >= 0.3 is 6.03 Å². The summed E-state index contributed by atoms with van der Waals surface area (Å²) >= 11 is 23.7. The summed E-state index contributed by atoms with van der Waals surface area (Å²) in [7, 11) is 0. The molecule has 0 aliphatic carbocycles. The standard InChI is InChI=1S/C17H9Cl3FN3O2S2/c18-10-2-1-3-13(21)9(10)7-14-15(25)24(17(27)28-14)23-16(26)22-8-4-5-11(19)12(20)6-8/h1-7H,(H2,22,23,26)/b14-7-. The number of thioether (sulfide) groups is 1. The van der Waals surface area contributed by atoms with Crippen LogP contribution in [0.25, 0.3) is 6.08 Å². The molecule has 28 heavy (non-hydrogen) atoms. The number of hydrazine groups is 1. The van der Waals surface area contributed by atoms with Crippen molar-refractivity contribution in [1.82, 2.24) is 10.4 Å². The number of nitrogens with zero attached hydrogens (tertiary/aromatic N) is 1. The first kappa shape index (κ1) is 20.9. The lowest BCUT2D eigenvalue weighted by molar-refractivity contribution is -0.123. The van der Waals surface area contributed by atoms with Crippen LogP contribution in [-0.4, -0.2) is 21.3 Å². The van der Waals surface area contributed by atoms with Crippen LogP contribution in [0, 0.1) is 5.82 Å². The van der Waals surface area contributed by atoms with Gasteiger partial charge in [0.1, 0.15) is 5.82 Å². The topological polar surface area (TPSA) is 61.4 Å². The summed E-state index contributed by atoms with van der Waals surface area (Å²) in [4.78, 5) is 24.8. The zero-order valence-electron chi connectivity index (χ0n) is 13.6. The SMILES string of the molecule is O=C(Nc1ccc(Cl)c(Cl)c1)NN1C(=O)/C(=C/c2c(F)cccc2Cl)SC1=S. The van der Waals surface area contributed by atoms with E-state index in [1.807, 2.05) is 0 Å². The van der Waals surface area contributed by atoms with Crippen LogP contribution < -0.4 is 10.7 Å². The summed E-state index contributed by atoms with van der Waals surface area (Å²) < 4.78 is 14.0. The maximum absolute atomic E-state index is 13.9. The maximum Gasteiger partial charge on any atom is 0.338 e. The van der Waals surface area contributed by atoms with E-state index in [1.54, 1.807) is 0 Å². The van der Waals surface area contributed by atoms with E-state index >= 15 is 0 Å². The molecule has 1 heterocycles. The number of anilines is 1. The number of thiocarbonyl (C=S) groups is 1. The first-order valence-electron chi connectivity index (χ1n) is 7.51. The van der Waals surface area contributed by atoms with Crippen molar-refractivity contribution in [3.63, 3.8) is 0 Å². The van der Waals surface area contributed by atoms with Gasteiger partial charge in [-0.1, -0.05) is 52.6 Å². The number of hydrogen-bond donors (Lipinski definition) is 2. The molecule has 2 aromatic rings. The number of carbonyl (C=O) groups excluding carboxylic acids is 2. The van der Waals surface area contributed by atoms with Crippen LogP contribution in [0.5, 0.6) is 0 Å². The molecule has 1 fully saturated rings. The van der Waals surface area contributed by atoms with Crippen molar-refractivity contribution in [2.45, 2.75) is 0 Å². The van der Waals surface area contributed by atoms with Gasteiger partial charge in [0.2, 0.25) is 0 Å². The first-order valence-corrected chi connectivity index (χ1v) is 9.87. The van der Waals surface area contributed by atoms with Gasteiger partial charge in [0.15, 0.2) is 4.32 Å². The Kier molecular flexibility index (Phi) is 6.47. The second-order valence-corrected chi connectivity index (χ2v) is 8.24. The smallest absolute Gasteiger partial charge is 0.307 e. The van der Waals surface area contributed by atoms with Gasteiger partial charge in [-0.3, -0.25) is 4.79 Å². The van der Waals surface area contributed by atoms with Gasteiger partial charge in [0, 0.05) is 11.3 Å². The van der Waals surface area contributed by atoms with Crippen LogP contribution in [0.15, 0.2) is 41.3 Å². The number of amides is 3. The molecule has 2 N–H and O–H groups in total. The minimum Gasteiger partial charge on any atom is -0.307 e. The molecule has 0 aromatic heterocycles. The minimum atomic E-state index is -0.722. The lowest BCUT2D eigenvalue weighted by atomic mass is 10.2. The molecular formula is C17H9Cl3FN3O2S2. The van der Waals surface area contributed by atoms with Gasteiger partial charge in [-0.05, 0) is 48.6 Å². The molecule has 3 rings (SSSR count). The molecule has 1 aliphatic heterocycles. The van der Waals surface area contributed by atoms with Gasteiger partial charge in [0.05, 0.1) is 20.0 Å². The van der Waals surface area contributed by atoms with Crippen LogP contribution in [0.2, 0.25) is 15.1 Å². The van der Waals surface area contributed by atoms with E-state index in [-0.39, 0.29) is 24.8 Å². The van der Waals surface area contributed by atoms with Gasteiger partial charge in [-0.2, -0.15) is 5.01 Å². The van der Waals surface area contributed by atoms with Crippen LogP contribution in [-0.2, 0) is 4.79 Å². The van der Waals surface area contributed by atoms with Crippen molar-refractivity contribution in [1.29, 1.82) is 0 Å². The molecule has 0 saturated carbocycles. The largest absolute Gasteiger partial charge is 0.338 e. The second-order valence-electron chi connectivity index (χ2n) is 5.35. The van der Waals surface area contributed by atoms with Crippen LogP contribution in [0.3, 0.4) is 0 Å². The van der Waals surface area contributed by atoms with E-state index in [9.17, 15) is 14.0 Å². The van der Waals surface area contributed by atoms with Crippen molar-refractivity contribution in [3.8, 4) is 0 Å². The van der Waals surface area contributed by atoms with Gasteiger partial charge < -0.3 is 5.32 Å². The third-order valence-electron chi connectivity index (χ3n) is 3.46. The Balaban J connectivity index is 1.74. The van der Waals surface area contributed by atoms with E-state index in [1.165, 1.54) is 42.5 Å². The lowest BCUT2D eigenvalue weighted by Crippen LogP contribution is -2.46. The maximum atomic E-state index is 13.9. The average molecular weight is 477 g/mol. The second kappa shape index (κ2) is 8.67. The number of halogens is 4. The molecule has 5 nitrogen and oxygen atoms in total. The Morgan fingerprint density at radius 2 is 1.89 bits per heavy atom. The number of rotatable bonds is 3. The highest BCUT2D eigenvalue weighted by Crippen LogP contribution is 2.33. The van der Waals surface area contributed by atoms with E-state index in [0.717, 1.165) is 16.8 Å². The summed E-state index contributed by atoms with van der Waals surface area (Å²) in [5.74, 6) is -1.19. The van der Waals surface area contributed by atoms with Crippen LogP contribution in [0.1, 0.15) is 5.56 Å². The summed E-state index contributed by atoms with van der Waals surface area (Å²) in [5.41, 5.74) is 2.76. The predicted octanol–water partition coefficient (Wildman–Crippen LogP) is 5.72. The fourth-order valence-electron chi connectivity index (χ4n) is 2.18. The van der Waals surface area contributed by atoms with Crippen molar-refractivity contribution >= 4 is 86.8 Å². The Morgan fingerprint density at radius 1 is 1.14 bits per heavy atom. The van der Waals surface area contributed by atoms with E-state index in [4.69, 9.17) is 47.0 Å². The molecule has 0 spiro atoms. The van der Waals surface area contributed by atoms with Crippen molar-refractivity contribution in [2.24, 2.45) is 0 Å². The normalized spacial score (nSPS) is 15.3. The number of benzene rings is 2. The lowest BCUT2D eigenvalue weighted by Gasteiger charge is -2.16. The Bertz CT molecular complexity index is 1010. The molecule has 1 saturated heterocycles. The highest BCUT2D eigenvalue weighted by atomic mass is 35.5. The molecule has 0 atom stereocenters. The first-order chi connectivity index (χ1) is 13.3. The third kappa shape index (κ3) is 4.59. The highest BCUT2D eigenvalue weighted by molar-refractivity contribution is 8.26. The summed E-state index contributed by atoms with van der Waals surface area (Å²) in [5, 5.41) is 4.13. The van der Waals surface area contributed by atoms with E-state index < -0.39 is 17.8 Å². The molecule has 0 unspecified atom stereocenters. The number of hydrogen-bond acceptors (Lipinski definition) is 4. The van der Waals surface area contributed by atoms with Crippen molar-refractivity contribution in [2.75, 3.05) is 5.32 Å². The van der Waals surface area contributed by atoms with Crippen LogP contribution in [0.4, 0.5) is 14.9 Å². The summed E-state index contributed by atoms with van der Waals surface area (Å²) in [6.07, 6.45) is 1.29. The fourth-order valence-corrected chi connectivity index (χ4v) is 3.86. The highest BCUT2D eigenvalue weighted by Gasteiger charge is 2.34. The Labute approximate surface area is 183 Å². The molecular weight excluding hydrogens is 468 g/mol. The molecule has 11 heteroatoms. The van der Waals surface area contributed by atoms with Gasteiger partial charge in [-0.15, -0.1) is 0 Å². The Morgan fingerprint density at radius 3 is 2.57 bits per heavy atom. The van der Waals surface area contributed by atoms with Crippen molar-refractivity contribution < 1.29 is 14.0 Å². The monoisotopic (exact) mass is 475 g/mol. The molecule has 1 aliphatic rings. The van der Waals surface area contributed by atoms with Gasteiger partial charge in [0.25, 0.3) is 5.91 Å². The Hall–Kier alpha value is -1.84. The molecule has 2 aromatic carbocycles. The third-order valence-corrected chi connectivity index (χ3v) is 5.83. The quantitative estimate of drug-likeness (QED) is 0.439. The van der Waals surface area contributed by atoms with Crippen LogP contribution >= 0.6 is 58.8 Å². The summed E-state index contributed by atoms with van der Waals surface area (Å²) in [6.45, 7) is 0. The molecule has 144 valence electrons. The minimum absolute atomic E-state index is 0.0601. The predicted molar refractivity (Wildman–Crippen MR) is 115 cm³/mol. The fraction of sp³-hybridized carbons (Fsp3) is 0. The zero-order chi connectivity index (χ0) is 20.4. The molecule has 0 radical (unpaired) electrons. The van der Waals surface area contributed by atoms with E-state index in [2.05, 4.69) is 10.7 Å². The zero-order valence-corrected chi connectivity index (χ0v) is 17.5. The number of carbonyl (C=O) groups is 2. The summed E-state index contributed by atoms with van der Waals surface area (Å²) in [6, 6.07) is 7.96.